The molecule has 184 valence electrons. The van der Waals surface area contributed by atoms with Crippen LogP contribution in [0.25, 0.3) is 39.1 Å². The second-order valence-electron chi connectivity index (χ2n) is 10.5. The van der Waals surface area contributed by atoms with Gasteiger partial charge in [-0.05, 0) is 44.6 Å². The molecule has 37 heavy (non-hydrogen) atoms. The predicted molar refractivity (Wildman–Crippen MR) is 142 cm³/mol. The van der Waals surface area contributed by atoms with E-state index in [1.165, 1.54) is 12.8 Å². The molecule has 2 aliphatic heterocycles. The Balaban J connectivity index is 1.43. The Labute approximate surface area is 214 Å². The maximum absolute atomic E-state index is 9.35. The van der Waals surface area contributed by atoms with Crippen molar-refractivity contribution in [1.29, 1.82) is 5.26 Å². The van der Waals surface area contributed by atoms with Crippen molar-refractivity contribution in [3.63, 3.8) is 0 Å². The molecule has 1 spiro atoms. The van der Waals surface area contributed by atoms with Gasteiger partial charge in [0.05, 0.1) is 29.1 Å². The van der Waals surface area contributed by atoms with E-state index < -0.39 is 0 Å². The molecule has 0 radical (unpaired) electrons. The van der Waals surface area contributed by atoms with Gasteiger partial charge >= 0.3 is 0 Å². The molecule has 1 aromatic carbocycles. The van der Waals surface area contributed by atoms with Crippen LogP contribution in [0.2, 0.25) is 0 Å². The topological polar surface area (TPSA) is 91.2 Å². The van der Waals surface area contributed by atoms with E-state index in [2.05, 4.69) is 38.5 Å². The van der Waals surface area contributed by atoms with E-state index in [4.69, 9.17) is 15.0 Å². The molecule has 0 amide bonds. The molecule has 2 saturated heterocycles. The molecule has 1 atom stereocenters. The van der Waals surface area contributed by atoms with E-state index in [9.17, 15) is 5.26 Å². The lowest BCUT2D eigenvalue weighted by Gasteiger charge is -2.25. The van der Waals surface area contributed by atoms with Gasteiger partial charge in [0, 0.05) is 67.2 Å². The Kier molecular flexibility index (Phi) is 4.81. The second-order valence-corrected chi connectivity index (χ2v) is 10.5. The molecule has 0 aliphatic carbocycles. The molecule has 7 rings (SSSR count). The highest BCUT2D eigenvalue weighted by molar-refractivity contribution is 5.93. The first-order valence-corrected chi connectivity index (χ1v) is 12.6. The number of benzene rings is 1. The van der Waals surface area contributed by atoms with Gasteiger partial charge in [-0.3, -0.25) is 9.08 Å². The number of hydrogen-bond donors (Lipinski definition) is 0. The summed E-state index contributed by atoms with van der Waals surface area (Å²) in [6.07, 6.45) is 9.96. The lowest BCUT2D eigenvalue weighted by atomic mass is 9.86. The van der Waals surface area contributed by atoms with Gasteiger partial charge in [-0.15, -0.1) is 0 Å². The quantitative estimate of drug-likeness (QED) is 0.381. The number of anilines is 1. The van der Waals surface area contributed by atoms with Crippen LogP contribution in [0.5, 0.6) is 0 Å². The van der Waals surface area contributed by atoms with Crippen LogP contribution in [-0.2, 0) is 7.05 Å². The molecule has 5 aromatic rings. The number of nitriles is 1. The van der Waals surface area contributed by atoms with Crippen LogP contribution in [0.15, 0.2) is 55.1 Å². The Bertz CT molecular complexity index is 1690. The van der Waals surface area contributed by atoms with Crippen LogP contribution in [0, 0.1) is 16.7 Å². The zero-order valence-electron chi connectivity index (χ0n) is 21.0. The van der Waals surface area contributed by atoms with Gasteiger partial charge in [0.2, 0.25) is 5.95 Å². The van der Waals surface area contributed by atoms with E-state index >= 15 is 0 Å². The molecule has 9 heteroatoms. The molecular weight excluding hydrogens is 462 g/mol. The highest BCUT2D eigenvalue weighted by Gasteiger charge is 2.43. The Hall–Kier alpha value is -4.29. The fourth-order valence-corrected chi connectivity index (χ4v) is 6.14. The first kappa shape index (κ1) is 21.9. The lowest BCUT2D eigenvalue weighted by Crippen LogP contribution is -2.31. The Morgan fingerprint density at radius 3 is 2.57 bits per heavy atom. The van der Waals surface area contributed by atoms with Gasteiger partial charge in [-0.25, -0.2) is 15.0 Å². The summed E-state index contributed by atoms with van der Waals surface area (Å²) >= 11 is 0. The molecule has 6 heterocycles. The summed E-state index contributed by atoms with van der Waals surface area (Å²) in [6, 6.07) is 12.0. The summed E-state index contributed by atoms with van der Waals surface area (Å²) in [5.74, 6) is 0.914. The van der Waals surface area contributed by atoms with Crippen LogP contribution in [0.1, 0.15) is 18.4 Å². The standard InChI is InChI=1S/C28H27N9/c1-34-10-7-28(17-34)8-11-36(18-28)27-33-24(20-5-3-19(14-29)4-6-20)23(26-30-9-12-37(26)27)21-13-22-16-32-35(2)25(22)31-15-21/h3-6,9,12-13,15-16H,7-8,10-11,17-18H2,1-2H3. The van der Waals surface area contributed by atoms with Crippen LogP contribution in [-0.4, -0.2) is 67.3 Å². The number of fused-ring (bicyclic) bond motifs is 2. The van der Waals surface area contributed by atoms with Crippen molar-refractivity contribution in [2.45, 2.75) is 12.8 Å². The normalized spacial score (nSPS) is 20.0. The van der Waals surface area contributed by atoms with E-state index in [1.807, 2.05) is 56.1 Å². The minimum atomic E-state index is 0.325. The van der Waals surface area contributed by atoms with Gasteiger partial charge in [0.15, 0.2) is 5.65 Å². The Morgan fingerprint density at radius 1 is 0.946 bits per heavy atom. The summed E-state index contributed by atoms with van der Waals surface area (Å²) in [7, 11) is 4.11. The van der Waals surface area contributed by atoms with Gasteiger partial charge in [-0.2, -0.15) is 10.4 Å². The molecule has 0 saturated carbocycles. The van der Waals surface area contributed by atoms with Crippen LogP contribution < -0.4 is 4.90 Å². The summed E-state index contributed by atoms with van der Waals surface area (Å²) in [5, 5.41) is 14.7. The number of aryl methyl sites for hydroxylation is 1. The van der Waals surface area contributed by atoms with Gasteiger partial charge in [0.1, 0.15) is 5.65 Å². The summed E-state index contributed by atoms with van der Waals surface area (Å²) in [6.45, 7) is 4.26. The smallest absolute Gasteiger partial charge is 0.211 e. The van der Waals surface area contributed by atoms with Gasteiger partial charge < -0.3 is 9.80 Å². The van der Waals surface area contributed by atoms with E-state index in [1.54, 1.807) is 4.68 Å². The van der Waals surface area contributed by atoms with Crippen molar-refractivity contribution in [1.82, 2.24) is 34.0 Å². The average Bonchev–Trinajstić information content (AvgIpc) is 3.72. The van der Waals surface area contributed by atoms with E-state index in [0.717, 1.165) is 71.2 Å². The molecule has 0 N–H and O–H groups in total. The number of nitrogens with zero attached hydrogens (tertiary/aromatic N) is 9. The molecule has 9 nitrogen and oxygen atoms in total. The average molecular weight is 490 g/mol. The third kappa shape index (κ3) is 3.48. The minimum absolute atomic E-state index is 0.325. The summed E-state index contributed by atoms with van der Waals surface area (Å²) in [4.78, 5) is 19.7. The third-order valence-electron chi connectivity index (χ3n) is 8.03. The minimum Gasteiger partial charge on any atom is -0.341 e. The fraction of sp³-hybridized carbons (Fsp3) is 0.321. The monoisotopic (exact) mass is 489 g/mol. The van der Waals surface area contributed by atoms with E-state index in [-0.39, 0.29) is 0 Å². The Morgan fingerprint density at radius 2 is 1.78 bits per heavy atom. The van der Waals surface area contributed by atoms with Crippen molar-refractivity contribution in [2.75, 3.05) is 38.1 Å². The molecule has 2 aliphatic rings. The molecule has 0 bridgehead atoms. The molecule has 1 unspecified atom stereocenters. The zero-order chi connectivity index (χ0) is 25.1. The second kappa shape index (κ2) is 8.11. The number of likely N-dealkylation sites (tertiary alicyclic amines) is 1. The molecule has 2 fully saturated rings. The summed E-state index contributed by atoms with van der Waals surface area (Å²) < 4.78 is 3.89. The fourth-order valence-electron chi connectivity index (χ4n) is 6.14. The van der Waals surface area contributed by atoms with Crippen LogP contribution >= 0.6 is 0 Å². The van der Waals surface area contributed by atoms with Crippen molar-refractivity contribution < 1.29 is 0 Å². The SMILES string of the molecule is CN1CCC2(CCN(c3nc(-c4ccc(C#N)cc4)c(-c4cnc5c(cnn5C)c4)c4nccn34)C2)C1. The highest BCUT2D eigenvalue weighted by Crippen LogP contribution is 2.42. The summed E-state index contributed by atoms with van der Waals surface area (Å²) in [5.41, 5.74) is 6.27. The maximum Gasteiger partial charge on any atom is 0.211 e. The number of pyridine rings is 1. The van der Waals surface area contributed by atoms with Crippen molar-refractivity contribution in [3.05, 3.63) is 60.7 Å². The van der Waals surface area contributed by atoms with E-state index in [0.29, 0.717) is 11.0 Å². The van der Waals surface area contributed by atoms with Crippen molar-refractivity contribution in [2.24, 2.45) is 12.5 Å². The van der Waals surface area contributed by atoms with Gasteiger partial charge in [-0.1, -0.05) is 12.1 Å². The predicted octanol–water partition coefficient (Wildman–Crippen LogP) is 3.75. The van der Waals surface area contributed by atoms with Crippen LogP contribution in [0.4, 0.5) is 5.95 Å². The maximum atomic E-state index is 9.35. The first-order valence-electron chi connectivity index (χ1n) is 12.6. The van der Waals surface area contributed by atoms with Gasteiger partial charge in [0.25, 0.3) is 0 Å². The first-order chi connectivity index (χ1) is 18.0. The number of aromatic nitrogens is 6. The zero-order valence-corrected chi connectivity index (χ0v) is 21.0. The largest absolute Gasteiger partial charge is 0.341 e. The van der Waals surface area contributed by atoms with Crippen molar-refractivity contribution in [3.8, 4) is 28.5 Å². The highest BCUT2D eigenvalue weighted by atomic mass is 15.3. The number of hydrogen-bond acceptors (Lipinski definition) is 7. The van der Waals surface area contributed by atoms with Crippen LogP contribution in [0.3, 0.4) is 0 Å². The number of rotatable bonds is 3. The molecule has 4 aromatic heterocycles. The molecular formula is C28H27N9. The lowest BCUT2D eigenvalue weighted by molar-refractivity contribution is 0.311. The third-order valence-corrected chi connectivity index (χ3v) is 8.03. The number of imidazole rings is 1. The van der Waals surface area contributed by atoms with Crippen molar-refractivity contribution >= 4 is 22.6 Å².